The molecule has 1 rings (SSSR count). The highest BCUT2D eigenvalue weighted by Crippen LogP contribution is 2.37. The van der Waals surface area contributed by atoms with Crippen molar-refractivity contribution in [1.29, 1.82) is 0 Å². The molecule has 0 aromatic carbocycles. The Morgan fingerprint density at radius 3 is 2.38 bits per heavy atom. The fourth-order valence-corrected chi connectivity index (χ4v) is 2.46. The number of rotatable bonds is 3. The molecule has 0 fully saturated rings. The summed E-state index contributed by atoms with van der Waals surface area (Å²) in [5.41, 5.74) is 1.10. The van der Waals surface area contributed by atoms with Crippen LogP contribution in [0.1, 0.15) is 26.5 Å². The van der Waals surface area contributed by atoms with Gasteiger partial charge in [0.15, 0.2) is 8.32 Å². The summed E-state index contributed by atoms with van der Waals surface area (Å²) < 4.78 is 9.03. The second-order valence-corrected chi connectivity index (χ2v) is 11.3. The van der Waals surface area contributed by atoms with Crippen LogP contribution in [0.3, 0.4) is 0 Å². The van der Waals surface area contributed by atoms with E-state index in [0.29, 0.717) is 6.61 Å². The van der Waals surface area contributed by atoms with Gasteiger partial charge in [0.1, 0.15) is 0 Å². The predicted octanol–water partition coefficient (Wildman–Crippen LogP) is 3.70. The number of hydrogen-bond acceptors (Lipinski definition) is 2. The van der Waals surface area contributed by atoms with E-state index in [4.69, 9.17) is 4.43 Å². The Kier molecular flexibility index (Phi) is 4.02. The Hall–Kier alpha value is -0.133. The molecule has 0 aliphatic carbocycles. The van der Waals surface area contributed by atoms with Crippen LogP contribution in [0.4, 0.5) is 0 Å². The highest BCUT2D eigenvalue weighted by molar-refractivity contribution is 9.10. The Bertz CT molecular complexity index is 349. The normalized spacial score (nSPS) is 13.2. The average Bonchev–Trinajstić information content (AvgIpc) is 2.42. The fourth-order valence-electron chi connectivity index (χ4n) is 1.06. The third-order valence-corrected chi connectivity index (χ3v) is 8.53. The van der Waals surface area contributed by atoms with E-state index in [1.165, 1.54) is 0 Å². The zero-order valence-corrected chi connectivity index (χ0v) is 13.6. The summed E-state index contributed by atoms with van der Waals surface area (Å²) in [6.07, 6.45) is 1.81. The lowest BCUT2D eigenvalue weighted by atomic mass is 10.2. The molecule has 0 spiro atoms. The first-order valence-electron chi connectivity index (χ1n) is 5.45. The van der Waals surface area contributed by atoms with Crippen molar-refractivity contribution in [3.63, 3.8) is 0 Å². The summed E-state index contributed by atoms with van der Waals surface area (Å²) >= 11 is 3.49. The SMILES string of the molecule is Cn1ncc(Br)c1CO[Si](C)(C)C(C)(C)C. The molecule has 5 heteroatoms. The van der Waals surface area contributed by atoms with Gasteiger partial charge in [0.2, 0.25) is 0 Å². The zero-order chi connectivity index (χ0) is 12.6. The minimum atomic E-state index is -1.67. The summed E-state index contributed by atoms with van der Waals surface area (Å²) in [7, 11) is 0.271. The van der Waals surface area contributed by atoms with Gasteiger partial charge in [0.05, 0.1) is 23.0 Å². The van der Waals surface area contributed by atoms with Crippen molar-refractivity contribution in [3.05, 3.63) is 16.4 Å². The summed E-state index contributed by atoms with van der Waals surface area (Å²) in [5, 5.41) is 4.43. The van der Waals surface area contributed by atoms with Crippen molar-refractivity contribution in [1.82, 2.24) is 9.78 Å². The van der Waals surface area contributed by atoms with Crippen LogP contribution >= 0.6 is 15.9 Å². The smallest absolute Gasteiger partial charge is 0.192 e. The Morgan fingerprint density at radius 2 is 2.00 bits per heavy atom. The largest absolute Gasteiger partial charge is 0.411 e. The summed E-state index contributed by atoms with van der Waals surface area (Å²) in [6, 6.07) is 0. The average molecular weight is 305 g/mol. The van der Waals surface area contributed by atoms with Gasteiger partial charge in [0, 0.05) is 7.05 Å². The molecule has 1 aromatic rings. The van der Waals surface area contributed by atoms with E-state index in [2.05, 4.69) is 54.9 Å². The monoisotopic (exact) mass is 304 g/mol. The molecular weight excluding hydrogens is 284 g/mol. The molecule has 0 bridgehead atoms. The van der Waals surface area contributed by atoms with E-state index < -0.39 is 8.32 Å². The lowest BCUT2D eigenvalue weighted by Gasteiger charge is -2.36. The predicted molar refractivity (Wildman–Crippen MR) is 72.9 cm³/mol. The Balaban J connectivity index is 2.72. The molecule has 0 aliphatic rings. The van der Waals surface area contributed by atoms with Gasteiger partial charge in [-0.3, -0.25) is 4.68 Å². The van der Waals surface area contributed by atoms with Crippen molar-refractivity contribution < 1.29 is 4.43 Å². The minimum absolute atomic E-state index is 0.248. The van der Waals surface area contributed by atoms with E-state index in [1.807, 2.05) is 17.9 Å². The van der Waals surface area contributed by atoms with Crippen molar-refractivity contribution in [2.24, 2.45) is 7.05 Å². The van der Waals surface area contributed by atoms with Crippen LogP contribution in [0, 0.1) is 0 Å². The Morgan fingerprint density at radius 1 is 1.44 bits per heavy atom. The van der Waals surface area contributed by atoms with Gasteiger partial charge in [-0.05, 0) is 34.1 Å². The molecule has 1 heterocycles. The lowest BCUT2D eigenvalue weighted by Crippen LogP contribution is -2.40. The molecule has 0 saturated heterocycles. The molecule has 0 saturated carbocycles. The molecular formula is C11H21BrN2OSi. The van der Waals surface area contributed by atoms with Crippen molar-refractivity contribution in [2.45, 2.75) is 45.5 Å². The molecule has 0 aliphatic heterocycles. The molecule has 3 nitrogen and oxygen atoms in total. The van der Waals surface area contributed by atoms with Gasteiger partial charge in [-0.1, -0.05) is 20.8 Å². The maximum absolute atomic E-state index is 6.15. The first-order valence-corrected chi connectivity index (χ1v) is 9.15. The highest BCUT2D eigenvalue weighted by atomic mass is 79.9. The molecule has 0 N–H and O–H groups in total. The molecule has 0 radical (unpaired) electrons. The maximum atomic E-state index is 6.15. The fraction of sp³-hybridized carbons (Fsp3) is 0.727. The van der Waals surface area contributed by atoms with E-state index in [0.717, 1.165) is 10.2 Å². The van der Waals surface area contributed by atoms with Crippen LogP contribution in [0.5, 0.6) is 0 Å². The summed E-state index contributed by atoms with van der Waals surface area (Å²) in [6.45, 7) is 11.9. The quantitative estimate of drug-likeness (QED) is 0.796. The van der Waals surface area contributed by atoms with Gasteiger partial charge >= 0.3 is 0 Å². The van der Waals surface area contributed by atoms with E-state index >= 15 is 0 Å². The summed E-state index contributed by atoms with van der Waals surface area (Å²) in [5.74, 6) is 0. The molecule has 0 amide bonds. The van der Waals surface area contributed by atoms with Crippen molar-refractivity contribution >= 4 is 24.2 Å². The first kappa shape index (κ1) is 13.9. The van der Waals surface area contributed by atoms with Crippen molar-refractivity contribution in [2.75, 3.05) is 0 Å². The van der Waals surface area contributed by atoms with Gasteiger partial charge in [-0.15, -0.1) is 0 Å². The summed E-state index contributed by atoms with van der Waals surface area (Å²) in [4.78, 5) is 0. The molecule has 0 unspecified atom stereocenters. The Labute approximate surface area is 107 Å². The standard InChI is InChI=1S/C11H21BrN2OSi/c1-11(2,3)16(5,6)15-8-10-9(12)7-13-14(10)4/h7H,8H2,1-6H3. The number of aryl methyl sites for hydroxylation is 1. The maximum Gasteiger partial charge on any atom is 0.192 e. The van der Waals surface area contributed by atoms with Gasteiger partial charge < -0.3 is 4.43 Å². The van der Waals surface area contributed by atoms with Crippen molar-refractivity contribution in [3.8, 4) is 0 Å². The molecule has 92 valence electrons. The van der Waals surface area contributed by atoms with Gasteiger partial charge in [-0.2, -0.15) is 5.10 Å². The van der Waals surface area contributed by atoms with Crippen LogP contribution in [0.15, 0.2) is 10.7 Å². The third-order valence-electron chi connectivity index (χ3n) is 3.39. The van der Waals surface area contributed by atoms with E-state index in [-0.39, 0.29) is 5.04 Å². The van der Waals surface area contributed by atoms with Crippen LogP contribution in [-0.4, -0.2) is 18.1 Å². The van der Waals surface area contributed by atoms with Crippen LogP contribution in [-0.2, 0) is 18.1 Å². The van der Waals surface area contributed by atoms with E-state index in [9.17, 15) is 0 Å². The molecule has 0 atom stereocenters. The lowest BCUT2D eigenvalue weighted by molar-refractivity contribution is 0.266. The van der Waals surface area contributed by atoms with Gasteiger partial charge in [-0.25, -0.2) is 0 Å². The number of halogens is 1. The molecule has 1 aromatic heterocycles. The van der Waals surface area contributed by atoms with Crippen LogP contribution < -0.4 is 0 Å². The highest BCUT2D eigenvalue weighted by Gasteiger charge is 2.37. The second-order valence-electron chi connectivity index (χ2n) is 5.61. The number of hydrogen-bond donors (Lipinski definition) is 0. The van der Waals surface area contributed by atoms with Gasteiger partial charge in [0.25, 0.3) is 0 Å². The van der Waals surface area contributed by atoms with E-state index in [1.54, 1.807) is 0 Å². The number of nitrogens with zero attached hydrogens (tertiary/aromatic N) is 2. The number of aromatic nitrogens is 2. The molecule has 16 heavy (non-hydrogen) atoms. The minimum Gasteiger partial charge on any atom is -0.411 e. The third kappa shape index (κ3) is 2.96. The zero-order valence-electron chi connectivity index (χ0n) is 11.0. The van der Waals surface area contributed by atoms with Crippen LogP contribution in [0.2, 0.25) is 18.1 Å². The first-order chi connectivity index (χ1) is 7.15. The topological polar surface area (TPSA) is 27.1 Å². The van der Waals surface area contributed by atoms with Crippen LogP contribution in [0.25, 0.3) is 0 Å². The second kappa shape index (κ2) is 4.62.